The lowest BCUT2D eigenvalue weighted by molar-refractivity contribution is -0.138. The molecule has 7 nitrogen and oxygen atoms in total. The molecule has 3 unspecified atom stereocenters. The summed E-state index contributed by atoms with van der Waals surface area (Å²) in [6.07, 6.45) is -0.239. The Morgan fingerprint density at radius 2 is 2.53 bits per heavy atom. The van der Waals surface area contributed by atoms with Gasteiger partial charge in [-0.2, -0.15) is 0 Å². The molecule has 1 fully saturated rings. The van der Waals surface area contributed by atoms with Crippen molar-refractivity contribution in [3.8, 4) is 0 Å². The largest absolute Gasteiger partial charge is 0.480 e. The molecule has 0 bridgehead atoms. The third-order valence-corrected chi connectivity index (χ3v) is 3.95. The normalized spacial score (nSPS) is 25.3. The van der Waals surface area contributed by atoms with Crippen LogP contribution in [0, 0.1) is 0 Å². The molecule has 2 rings (SSSR count). The number of rotatable bonds is 4. The number of nitrogens with zero attached hydrogens (tertiary/aromatic N) is 2. The number of hydrogen-bond acceptors (Lipinski definition) is 7. The standard InChI is InChI=1S/C11H17N3O4S/c1-6-4-18-7(3-15)2-14(6)11-13-8(5-19-11)9(12)10(16)17/h5-7,9,15H,2-4,12H2,1H3,(H,16,17). The molecule has 1 aromatic rings. The Bertz CT molecular complexity index is 453. The molecule has 8 heteroatoms. The number of aliphatic hydroxyl groups excluding tert-OH is 1. The molecule has 106 valence electrons. The Balaban J connectivity index is 2.14. The van der Waals surface area contributed by atoms with Gasteiger partial charge in [-0.25, -0.2) is 4.98 Å². The van der Waals surface area contributed by atoms with Crippen LogP contribution >= 0.6 is 11.3 Å². The molecular weight excluding hydrogens is 270 g/mol. The summed E-state index contributed by atoms with van der Waals surface area (Å²) in [5.74, 6) is -1.10. The van der Waals surface area contributed by atoms with Gasteiger partial charge in [0.2, 0.25) is 0 Å². The molecule has 1 saturated heterocycles. The number of carbonyl (C=O) groups is 1. The molecule has 2 heterocycles. The first-order valence-corrected chi connectivity index (χ1v) is 6.83. The van der Waals surface area contributed by atoms with Gasteiger partial charge in [-0.05, 0) is 6.92 Å². The fraction of sp³-hybridized carbons (Fsp3) is 0.636. The monoisotopic (exact) mass is 287 g/mol. The van der Waals surface area contributed by atoms with E-state index < -0.39 is 12.0 Å². The lowest BCUT2D eigenvalue weighted by Crippen LogP contribution is -2.49. The van der Waals surface area contributed by atoms with Crippen molar-refractivity contribution in [3.63, 3.8) is 0 Å². The van der Waals surface area contributed by atoms with Gasteiger partial charge < -0.3 is 25.6 Å². The highest BCUT2D eigenvalue weighted by molar-refractivity contribution is 7.13. The van der Waals surface area contributed by atoms with Crippen LogP contribution in [0.2, 0.25) is 0 Å². The van der Waals surface area contributed by atoms with Crippen LogP contribution in [0.1, 0.15) is 18.7 Å². The van der Waals surface area contributed by atoms with Crippen molar-refractivity contribution in [1.29, 1.82) is 0 Å². The average molecular weight is 287 g/mol. The molecule has 0 spiro atoms. The van der Waals surface area contributed by atoms with E-state index in [1.54, 1.807) is 5.38 Å². The van der Waals surface area contributed by atoms with Gasteiger partial charge in [0, 0.05) is 11.9 Å². The zero-order valence-electron chi connectivity index (χ0n) is 10.5. The first-order chi connectivity index (χ1) is 9.02. The molecule has 1 aliphatic rings. The molecule has 4 N–H and O–H groups in total. The van der Waals surface area contributed by atoms with E-state index in [-0.39, 0.29) is 18.8 Å². The third kappa shape index (κ3) is 3.03. The quantitative estimate of drug-likeness (QED) is 0.704. The van der Waals surface area contributed by atoms with Gasteiger partial charge in [0.25, 0.3) is 0 Å². The van der Waals surface area contributed by atoms with Crippen LogP contribution < -0.4 is 10.6 Å². The molecule has 1 aliphatic heterocycles. The number of anilines is 1. The van der Waals surface area contributed by atoms with Crippen LogP contribution in [0.15, 0.2) is 5.38 Å². The number of hydrogen-bond donors (Lipinski definition) is 3. The van der Waals surface area contributed by atoms with Crippen molar-refractivity contribution < 1.29 is 19.7 Å². The van der Waals surface area contributed by atoms with Gasteiger partial charge in [0.15, 0.2) is 5.13 Å². The van der Waals surface area contributed by atoms with E-state index in [1.165, 1.54) is 11.3 Å². The van der Waals surface area contributed by atoms with E-state index in [9.17, 15) is 4.79 Å². The second kappa shape index (κ2) is 5.83. The van der Waals surface area contributed by atoms with Crippen LogP contribution in [-0.2, 0) is 9.53 Å². The molecule has 3 atom stereocenters. The highest BCUT2D eigenvalue weighted by Gasteiger charge is 2.28. The SMILES string of the molecule is CC1COC(CO)CN1c1nc(C(N)C(=O)O)cs1. The number of ether oxygens (including phenoxy) is 1. The fourth-order valence-corrected chi connectivity index (χ4v) is 2.85. The Hall–Kier alpha value is -1.22. The molecular formula is C11H17N3O4S. The van der Waals surface area contributed by atoms with Crippen molar-refractivity contribution in [2.45, 2.75) is 25.1 Å². The van der Waals surface area contributed by atoms with Gasteiger partial charge >= 0.3 is 5.97 Å². The van der Waals surface area contributed by atoms with Crippen molar-refractivity contribution in [2.75, 3.05) is 24.7 Å². The predicted molar refractivity (Wildman–Crippen MR) is 70.3 cm³/mol. The summed E-state index contributed by atoms with van der Waals surface area (Å²) in [5.41, 5.74) is 5.88. The summed E-state index contributed by atoms with van der Waals surface area (Å²) in [4.78, 5) is 17.1. The second-order valence-corrected chi connectivity index (χ2v) is 5.35. The topological polar surface area (TPSA) is 109 Å². The van der Waals surface area contributed by atoms with E-state index in [0.29, 0.717) is 24.0 Å². The summed E-state index contributed by atoms with van der Waals surface area (Å²) in [5, 5.41) is 20.4. The lowest BCUT2D eigenvalue weighted by Gasteiger charge is -2.37. The van der Waals surface area contributed by atoms with Crippen molar-refractivity contribution in [3.05, 3.63) is 11.1 Å². The van der Waals surface area contributed by atoms with E-state index in [1.807, 2.05) is 11.8 Å². The van der Waals surface area contributed by atoms with E-state index in [0.717, 1.165) is 0 Å². The molecule has 0 aromatic carbocycles. The van der Waals surface area contributed by atoms with Crippen LogP contribution in [0.5, 0.6) is 0 Å². The summed E-state index contributed by atoms with van der Waals surface area (Å²) in [7, 11) is 0. The zero-order chi connectivity index (χ0) is 14.0. The number of morpholine rings is 1. The first-order valence-electron chi connectivity index (χ1n) is 5.95. The van der Waals surface area contributed by atoms with Crippen molar-refractivity contribution >= 4 is 22.4 Å². The molecule has 0 radical (unpaired) electrons. The minimum absolute atomic E-state index is 0.0455. The van der Waals surface area contributed by atoms with Crippen LogP contribution in [0.3, 0.4) is 0 Å². The smallest absolute Gasteiger partial charge is 0.326 e. The van der Waals surface area contributed by atoms with Gasteiger partial charge in [-0.1, -0.05) is 0 Å². The van der Waals surface area contributed by atoms with E-state index >= 15 is 0 Å². The number of aromatic nitrogens is 1. The number of carboxylic acids is 1. The van der Waals surface area contributed by atoms with E-state index in [2.05, 4.69) is 4.98 Å². The molecule has 1 aromatic heterocycles. The number of nitrogens with two attached hydrogens (primary N) is 1. The first kappa shape index (κ1) is 14.2. The number of thiazole rings is 1. The Kier molecular flexibility index (Phi) is 4.35. The maximum Gasteiger partial charge on any atom is 0.326 e. The third-order valence-electron chi connectivity index (χ3n) is 3.05. The van der Waals surface area contributed by atoms with Crippen LogP contribution in [0.25, 0.3) is 0 Å². The van der Waals surface area contributed by atoms with Gasteiger partial charge in [-0.3, -0.25) is 4.79 Å². The zero-order valence-corrected chi connectivity index (χ0v) is 11.3. The predicted octanol–water partition coefficient (Wildman–Crippen LogP) is -0.187. The lowest BCUT2D eigenvalue weighted by atomic mass is 10.2. The summed E-state index contributed by atoms with van der Waals surface area (Å²) >= 11 is 1.35. The van der Waals surface area contributed by atoms with Crippen LogP contribution in [-0.4, -0.2) is 53.1 Å². The number of aliphatic carboxylic acids is 1. The number of aliphatic hydroxyl groups is 1. The molecule has 19 heavy (non-hydrogen) atoms. The summed E-state index contributed by atoms with van der Waals surface area (Å²) in [6.45, 7) is 2.99. The van der Waals surface area contributed by atoms with Gasteiger partial charge in [-0.15, -0.1) is 11.3 Å². The minimum atomic E-state index is -1.10. The van der Waals surface area contributed by atoms with Crippen molar-refractivity contribution in [2.24, 2.45) is 5.73 Å². The molecule has 0 aliphatic carbocycles. The summed E-state index contributed by atoms with van der Waals surface area (Å²) in [6, 6.07) is -0.974. The Labute approximate surface area is 114 Å². The van der Waals surface area contributed by atoms with Crippen LogP contribution in [0.4, 0.5) is 5.13 Å². The molecule has 0 amide bonds. The Morgan fingerprint density at radius 1 is 1.79 bits per heavy atom. The number of carboxylic acid groups (broad SMARTS) is 1. The maximum absolute atomic E-state index is 10.8. The van der Waals surface area contributed by atoms with Crippen molar-refractivity contribution in [1.82, 2.24) is 4.98 Å². The van der Waals surface area contributed by atoms with Gasteiger partial charge in [0.1, 0.15) is 6.04 Å². The van der Waals surface area contributed by atoms with E-state index in [4.69, 9.17) is 20.7 Å². The molecule has 0 saturated carbocycles. The minimum Gasteiger partial charge on any atom is -0.480 e. The second-order valence-electron chi connectivity index (χ2n) is 4.51. The fourth-order valence-electron chi connectivity index (χ4n) is 1.87. The maximum atomic E-state index is 10.8. The highest BCUT2D eigenvalue weighted by Crippen LogP contribution is 2.27. The highest BCUT2D eigenvalue weighted by atomic mass is 32.1. The summed E-state index contributed by atoms with van der Waals surface area (Å²) < 4.78 is 5.45. The average Bonchev–Trinajstić information content (AvgIpc) is 2.87. The van der Waals surface area contributed by atoms with Gasteiger partial charge in [0.05, 0.1) is 31.1 Å². The Morgan fingerprint density at radius 3 is 3.16 bits per heavy atom.